The first-order valence-corrected chi connectivity index (χ1v) is 8.10. The normalized spacial score (nSPS) is 25.6. The summed E-state index contributed by atoms with van der Waals surface area (Å²) in [5, 5.41) is 12.4. The first-order valence-electron chi connectivity index (χ1n) is 8.10. The molecule has 6 nitrogen and oxygen atoms in total. The van der Waals surface area contributed by atoms with Crippen molar-refractivity contribution in [2.24, 2.45) is 0 Å². The van der Waals surface area contributed by atoms with Gasteiger partial charge in [0.25, 0.3) is 0 Å². The second-order valence-electron chi connectivity index (χ2n) is 6.13. The molecule has 0 bridgehead atoms. The van der Waals surface area contributed by atoms with Gasteiger partial charge in [0.2, 0.25) is 0 Å². The molecule has 0 aromatic carbocycles. The van der Waals surface area contributed by atoms with E-state index in [9.17, 15) is 9.90 Å². The number of aliphatic hydroxyl groups is 1. The molecule has 1 aromatic rings. The first-order chi connectivity index (χ1) is 10.8. The number of likely N-dealkylation sites (tertiary alicyclic amines) is 2. The molecule has 2 aliphatic rings. The van der Waals surface area contributed by atoms with Gasteiger partial charge in [-0.1, -0.05) is 0 Å². The Labute approximate surface area is 131 Å². The van der Waals surface area contributed by atoms with Gasteiger partial charge in [0.1, 0.15) is 0 Å². The number of nitrogens with zero attached hydrogens (tertiary/aromatic N) is 3. The number of amides is 2. The molecule has 6 heteroatoms. The second-order valence-corrected chi connectivity index (χ2v) is 6.13. The molecule has 2 N–H and O–H groups in total. The van der Waals surface area contributed by atoms with Crippen molar-refractivity contribution in [1.82, 2.24) is 14.8 Å². The lowest BCUT2D eigenvalue weighted by Crippen LogP contribution is -2.46. The molecule has 2 unspecified atom stereocenters. The van der Waals surface area contributed by atoms with Crippen LogP contribution in [0.3, 0.4) is 0 Å². The lowest BCUT2D eigenvalue weighted by atomic mass is 10.2. The van der Waals surface area contributed by atoms with E-state index < -0.39 is 0 Å². The molecule has 1 aromatic heterocycles. The van der Waals surface area contributed by atoms with Crippen LogP contribution in [-0.2, 0) is 0 Å². The fraction of sp³-hybridized carbons (Fsp3) is 0.625. The highest BCUT2D eigenvalue weighted by Crippen LogP contribution is 2.24. The van der Waals surface area contributed by atoms with Crippen molar-refractivity contribution >= 4 is 11.7 Å². The maximum Gasteiger partial charge on any atom is 0.322 e. The van der Waals surface area contributed by atoms with E-state index in [-0.39, 0.29) is 24.7 Å². The molecular weight excluding hydrogens is 280 g/mol. The summed E-state index contributed by atoms with van der Waals surface area (Å²) in [6.07, 6.45) is 7.64. The summed E-state index contributed by atoms with van der Waals surface area (Å²) in [5.41, 5.74) is 0.778. The number of rotatable bonds is 4. The van der Waals surface area contributed by atoms with E-state index in [2.05, 4.69) is 15.2 Å². The van der Waals surface area contributed by atoms with E-state index in [1.165, 1.54) is 0 Å². The first kappa shape index (κ1) is 15.2. The van der Waals surface area contributed by atoms with Gasteiger partial charge in [0, 0.05) is 43.3 Å². The summed E-state index contributed by atoms with van der Waals surface area (Å²) in [4.78, 5) is 20.7. The van der Waals surface area contributed by atoms with Gasteiger partial charge in [-0.2, -0.15) is 0 Å². The van der Waals surface area contributed by atoms with Gasteiger partial charge in [-0.05, 0) is 44.4 Å². The van der Waals surface area contributed by atoms with Crippen LogP contribution in [0.2, 0.25) is 0 Å². The number of pyridine rings is 1. The Morgan fingerprint density at radius 2 is 1.95 bits per heavy atom. The Hall–Kier alpha value is -1.66. The van der Waals surface area contributed by atoms with Crippen LogP contribution in [0.5, 0.6) is 0 Å². The average molecular weight is 304 g/mol. The third kappa shape index (κ3) is 3.39. The summed E-state index contributed by atoms with van der Waals surface area (Å²) < 4.78 is 0. The third-order valence-electron chi connectivity index (χ3n) is 4.72. The number of hydrogen-bond donors (Lipinski definition) is 2. The van der Waals surface area contributed by atoms with Gasteiger partial charge in [-0.25, -0.2) is 4.79 Å². The highest BCUT2D eigenvalue weighted by Gasteiger charge is 2.33. The van der Waals surface area contributed by atoms with Crippen LogP contribution in [0.15, 0.2) is 24.5 Å². The van der Waals surface area contributed by atoms with E-state index in [1.54, 1.807) is 24.5 Å². The number of anilines is 1. The van der Waals surface area contributed by atoms with Gasteiger partial charge in [-0.3, -0.25) is 9.88 Å². The SMILES string of the molecule is O=C(Nc1ccncc1)N1CCCC1CN1CCCC1CO. The van der Waals surface area contributed by atoms with Crippen molar-refractivity contribution in [2.45, 2.75) is 37.8 Å². The molecule has 3 heterocycles. The third-order valence-corrected chi connectivity index (χ3v) is 4.72. The second kappa shape index (κ2) is 7.07. The molecule has 22 heavy (non-hydrogen) atoms. The fourth-order valence-corrected chi connectivity index (χ4v) is 3.54. The Balaban J connectivity index is 1.59. The number of aliphatic hydroxyl groups excluding tert-OH is 1. The summed E-state index contributed by atoms with van der Waals surface area (Å²) in [6, 6.07) is 4.07. The summed E-state index contributed by atoms with van der Waals surface area (Å²) in [7, 11) is 0. The molecule has 2 fully saturated rings. The largest absolute Gasteiger partial charge is 0.395 e. The molecule has 2 atom stereocenters. The van der Waals surface area contributed by atoms with Crippen LogP contribution in [0.1, 0.15) is 25.7 Å². The molecule has 3 rings (SSSR count). The Kier molecular flexibility index (Phi) is 4.90. The molecule has 2 saturated heterocycles. The average Bonchev–Trinajstić information content (AvgIpc) is 3.17. The number of carbonyl (C=O) groups is 1. The minimum absolute atomic E-state index is 0.0338. The smallest absolute Gasteiger partial charge is 0.322 e. The van der Waals surface area contributed by atoms with Gasteiger partial charge >= 0.3 is 6.03 Å². The lowest BCUT2D eigenvalue weighted by molar-refractivity contribution is 0.130. The van der Waals surface area contributed by atoms with E-state index in [1.807, 2.05) is 4.90 Å². The molecule has 0 radical (unpaired) electrons. The predicted molar refractivity (Wildman–Crippen MR) is 84.7 cm³/mol. The highest BCUT2D eigenvalue weighted by atomic mass is 16.3. The quantitative estimate of drug-likeness (QED) is 0.885. The van der Waals surface area contributed by atoms with Crippen LogP contribution >= 0.6 is 0 Å². The number of aromatic nitrogens is 1. The van der Waals surface area contributed by atoms with Crippen LogP contribution < -0.4 is 5.32 Å². The summed E-state index contributed by atoms with van der Waals surface area (Å²) >= 11 is 0. The number of hydrogen-bond acceptors (Lipinski definition) is 4. The molecule has 2 aliphatic heterocycles. The Morgan fingerprint density at radius 3 is 2.73 bits per heavy atom. The molecular formula is C16H24N4O2. The van der Waals surface area contributed by atoms with Gasteiger partial charge < -0.3 is 15.3 Å². The van der Waals surface area contributed by atoms with Gasteiger partial charge in [0.05, 0.1) is 6.61 Å². The minimum Gasteiger partial charge on any atom is -0.395 e. The Morgan fingerprint density at radius 1 is 1.23 bits per heavy atom. The maximum absolute atomic E-state index is 12.5. The molecule has 0 saturated carbocycles. The van der Waals surface area contributed by atoms with Crippen LogP contribution in [-0.4, -0.2) is 64.2 Å². The zero-order valence-electron chi connectivity index (χ0n) is 12.8. The lowest BCUT2D eigenvalue weighted by Gasteiger charge is -2.31. The predicted octanol–water partition coefficient (Wildman–Crippen LogP) is 1.53. The standard InChI is InChI=1S/C16H24N4O2/c21-12-15-4-1-9-19(15)11-14-3-2-10-20(14)16(22)18-13-5-7-17-8-6-13/h5-8,14-15,21H,1-4,9-12H2,(H,17,18,22). The van der Waals surface area contributed by atoms with E-state index in [0.717, 1.165) is 51.0 Å². The molecule has 2 amide bonds. The summed E-state index contributed by atoms with van der Waals surface area (Å²) in [5.74, 6) is 0. The number of carbonyl (C=O) groups excluding carboxylic acids is 1. The van der Waals surface area contributed by atoms with Crippen molar-refractivity contribution in [3.63, 3.8) is 0 Å². The van der Waals surface area contributed by atoms with Gasteiger partial charge in [0.15, 0.2) is 0 Å². The number of urea groups is 1. The highest BCUT2D eigenvalue weighted by molar-refractivity contribution is 5.89. The van der Waals surface area contributed by atoms with E-state index in [4.69, 9.17) is 0 Å². The van der Waals surface area contributed by atoms with Crippen LogP contribution in [0.4, 0.5) is 10.5 Å². The van der Waals surface area contributed by atoms with Gasteiger partial charge in [-0.15, -0.1) is 0 Å². The van der Waals surface area contributed by atoms with Crippen molar-refractivity contribution in [1.29, 1.82) is 0 Å². The Bertz CT molecular complexity index is 496. The fourth-order valence-electron chi connectivity index (χ4n) is 3.54. The molecule has 0 aliphatic carbocycles. The van der Waals surface area contributed by atoms with Crippen LogP contribution in [0, 0.1) is 0 Å². The maximum atomic E-state index is 12.5. The zero-order chi connectivity index (χ0) is 15.4. The zero-order valence-corrected chi connectivity index (χ0v) is 12.8. The monoisotopic (exact) mass is 304 g/mol. The van der Waals surface area contributed by atoms with E-state index in [0.29, 0.717) is 0 Å². The summed E-state index contributed by atoms with van der Waals surface area (Å²) in [6.45, 7) is 2.92. The van der Waals surface area contributed by atoms with Crippen molar-refractivity contribution < 1.29 is 9.90 Å². The topological polar surface area (TPSA) is 68.7 Å². The van der Waals surface area contributed by atoms with Crippen molar-refractivity contribution in [2.75, 3.05) is 31.6 Å². The molecule has 120 valence electrons. The van der Waals surface area contributed by atoms with Crippen molar-refractivity contribution in [3.05, 3.63) is 24.5 Å². The van der Waals surface area contributed by atoms with Crippen molar-refractivity contribution in [3.8, 4) is 0 Å². The number of nitrogens with one attached hydrogen (secondary N) is 1. The van der Waals surface area contributed by atoms with E-state index >= 15 is 0 Å². The van der Waals surface area contributed by atoms with Crippen LogP contribution in [0.25, 0.3) is 0 Å². The minimum atomic E-state index is -0.0338. The molecule has 0 spiro atoms.